The van der Waals surface area contributed by atoms with Crippen LogP contribution < -0.4 is 15.8 Å². The van der Waals surface area contributed by atoms with Gasteiger partial charge >= 0.3 is 0 Å². The van der Waals surface area contributed by atoms with Gasteiger partial charge < -0.3 is 15.8 Å². The molecule has 0 heterocycles. The van der Waals surface area contributed by atoms with E-state index in [4.69, 9.17) is 22.1 Å². The summed E-state index contributed by atoms with van der Waals surface area (Å²) in [7, 11) is 1.61. The predicted octanol–water partition coefficient (Wildman–Crippen LogP) is 3.60. The highest BCUT2D eigenvalue weighted by molar-refractivity contribution is 6.30. The van der Waals surface area contributed by atoms with Gasteiger partial charge in [0.1, 0.15) is 11.6 Å². The van der Waals surface area contributed by atoms with Crippen molar-refractivity contribution in [2.75, 3.05) is 19.0 Å². The lowest BCUT2D eigenvalue weighted by Gasteiger charge is -2.19. The Balaban J connectivity index is 2.19. The smallest absolute Gasteiger partial charge is 0.130 e. The Morgan fingerprint density at radius 1 is 1.25 bits per heavy atom. The number of hydrogen-bond acceptors (Lipinski definition) is 3. The molecule has 20 heavy (non-hydrogen) atoms. The third kappa shape index (κ3) is 3.40. The van der Waals surface area contributed by atoms with Crippen molar-refractivity contribution in [3.05, 3.63) is 58.9 Å². The molecule has 0 aliphatic heterocycles. The minimum atomic E-state index is -0.367. The first-order valence-electron chi connectivity index (χ1n) is 6.19. The van der Waals surface area contributed by atoms with Gasteiger partial charge in [0.2, 0.25) is 0 Å². The Bertz CT molecular complexity index is 575. The van der Waals surface area contributed by atoms with E-state index >= 15 is 0 Å². The molecule has 106 valence electrons. The van der Waals surface area contributed by atoms with Crippen molar-refractivity contribution < 1.29 is 9.13 Å². The fourth-order valence-corrected chi connectivity index (χ4v) is 2.09. The number of hydrogen-bond donors (Lipinski definition) is 2. The Kier molecular flexibility index (Phi) is 4.82. The molecule has 0 saturated heterocycles. The molecule has 1 atom stereocenters. The molecule has 1 unspecified atom stereocenters. The molecule has 0 aliphatic carbocycles. The van der Waals surface area contributed by atoms with Crippen LogP contribution in [0.3, 0.4) is 0 Å². The molecule has 0 aromatic heterocycles. The molecule has 0 spiro atoms. The van der Waals surface area contributed by atoms with Gasteiger partial charge in [-0.2, -0.15) is 0 Å². The molecule has 3 N–H and O–H groups in total. The Hall–Kier alpha value is -1.78. The summed E-state index contributed by atoms with van der Waals surface area (Å²) in [6.07, 6.45) is 0. The van der Waals surface area contributed by atoms with E-state index in [-0.39, 0.29) is 18.4 Å². The molecule has 0 bridgehead atoms. The molecule has 3 nitrogen and oxygen atoms in total. The van der Waals surface area contributed by atoms with E-state index in [1.54, 1.807) is 19.2 Å². The summed E-state index contributed by atoms with van der Waals surface area (Å²) in [6.45, 7) is 0.268. The van der Waals surface area contributed by atoms with E-state index in [1.165, 1.54) is 6.07 Å². The van der Waals surface area contributed by atoms with E-state index in [0.29, 0.717) is 10.6 Å². The van der Waals surface area contributed by atoms with Gasteiger partial charge in [-0.3, -0.25) is 0 Å². The molecule has 0 fully saturated rings. The number of ether oxygens (including phenoxy) is 1. The summed E-state index contributed by atoms with van der Waals surface area (Å²) in [4.78, 5) is 0. The normalized spacial score (nSPS) is 12.0. The van der Waals surface area contributed by atoms with Crippen molar-refractivity contribution in [1.82, 2.24) is 0 Å². The lowest BCUT2D eigenvalue weighted by atomic mass is 10.1. The van der Waals surface area contributed by atoms with Crippen LogP contribution in [-0.4, -0.2) is 13.7 Å². The molecule has 2 rings (SSSR count). The first-order chi connectivity index (χ1) is 9.63. The molecule has 0 radical (unpaired) electrons. The van der Waals surface area contributed by atoms with E-state index in [1.807, 2.05) is 24.3 Å². The minimum Gasteiger partial charge on any atom is -0.497 e. The van der Waals surface area contributed by atoms with Crippen molar-refractivity contribution in [3.8, 4) is 5.75 Å². The average molecular weight is 295 g/mol. The standard InChI is InChI=1S/C15H16ClFN2O/c1-20-12-5-3-11(4-6-12)19-15(9-18)13-7-2-10(16)8-14(13)17/h2-8,15,19H,9,18H2,1H3. The lowest BCUT2D eigenvalue weighted by molar-refractivity contribution is 0.415. The van der Waals surface area contributed by atoms with Gasteiger partial charge in [-0.1, -0.05) is 17.7 Å². The van der Waals surface area contributed by atoms with Gasteiger partial charge in [0, 0.05) is 22.8 Å². The zero-order chi connectivity index (χ0) is 14.5. The van der Waals surface area contributed by atoms with Crippen LogP contribution in [-0.2, 0) is 0 Å². The molecule has 0 saturated carbocycles. The van der Waals surface area contributed by atoms with Crippen molar-refractivity contribution >= 4 is 17.3 Å². The molecule has 5 heteroatoms. The van der Waals surface area contributed by atoms with Gasteiger partial charge in [0.25, 0.3) is 0 Å². The fraction of sp³-hybridized carbons (Fsp3) is 0.200. The number of nitrogens with one attached hydrogen (secondary N) is 1. The SMILES string of the molecule is COc1ccc(NC(CN)c2ccc(Cl)cc2F)cc1. The maximum Gasteiger partial charge on any atom is 0.130 e. The molecule has 2 aromatic carbocycles. The fourth-order valence-electron chi connectivity index (χ4n) is 1.94. The second kappa shape index (κ2) is 6.59. The number of methoxy groups -OCH3 is 1. The van der Waals surface area contributed by atoms with Gasteiger partial charge in [0.05, 0.1) is 13.2 Å². The molecular formula is C15H16ClFN2O. The van der Waals surface area contributed by atoms with E-state index in [2.05, 4.69) is 5.32 Å². The van der Waals surface area contributed by atoms with Crippen LogP contribution >= 0.6 is 11.6 Å². The highest BCUT2D eigenvalue weighted by Gasteiger charge is 2.14. The summed E-state index contributed by atoms with van der Waals surface area (Å²) in [5.41, 5.74) is 7.07. The Labute approximate surface area is 122 Å². The van der Waals surface area contributed by atoms with Crippen LogP contribution in [0.2, 0.25) is 5.02 Å². The largest absolute Gasteiger partial charge is 0.497 e. The summed E-state index contributed by atoms with van der Waals surface area (Å²) < 4.78 is 19.0. The second-order valence-corrected chi connectivity index (χ2v) is 4.76. The van der Waals surface area contributed by atoms with Crippen LogP contribution in [0.4, 0.5) is 10.1 Å². The van der Waals surface area contributed by atoms with Crippen molar-refractivity contribution in [2.45, 2.75) is 6.04 Å². The quantitative estimate of drug-likeness (QED) is 0.886. The Morgan fingerprint density at radius 3 is 2.50 bits per heavy atom. The van der Waals surface area contributed by atoms with Gasteiger partial charge in [-0.05, 0) is 36.4 Å². The maximum absolute atomic E-state index is 13.9. The highest BCUT2D eigenvalue weighted by atomic mass is 35.5. The number of rotatable bonds is 5. The molecule has 0 amide bonds. The predicted molar refractivity (Wildman–Crippen MR) is 79.8 cm³/mol. The van der Waals surface area contributed by atoms with Crippen LogP contribution in [0, 0.1) is 5.82 Å². The third-order valence-corrected chi connectivity index (χ3v) is 3.24. The van der Waals surface area contributed by atoms with Gasteiger partial charge in [-0.15, -0.1) is 0 Å². The van der Waals surface area contributed by atoms with Gasteiger partial charge in [0.15, 0.2) is 0 Å². The van der Waals surface area contributed by atoms with Crippen LogP contribution in [0.15, 0.2) is 42.5 Å². The Morgan fingerprint density at radius 2 is 1.95 bits per heavy atom. The first kappa shape index (κ1) is 14.6. The second-order valence-electron chi connectivity index (χ2n) is 4.33. The summed E-state index contributed by atoms with van der Waals surface area (Å²) >= 11 is 5.75. The van der Waals surface area contributed by atoms with E-state index in [0.717, 1.165) is 11.4 Å². The van der Waals surface area contributed by atoms with Gasteiger partial charge in [-0.25, -0.2) is 4.39 Å². The number of anilines is 1. The third-order valence-electron chi connectivity index (χ3n) is 3.00. The summed E-state index contributed by atoms with van der Waals surface area (Å²) in [5, 5.41) is 3.56. The van der Waals surface area contributed by atoms with Crippen molar-refractivity contribution in [3.63, 3.8) is 0 Å². The summed E-state index contributed by atoms with van der Waals surface area (Å²) in [6, 6.07) is 11.6. The number of nitrogens with two attached hydrogens (primary N) is 1. The molecular weight excluding hydrogens is 279 g/mol. The van der Waals surface area contributed by atoms with E-state index in [9.17, 15) is 4.39 Å². The number of benzene rings is 2. The number of halogens is 2. The zero-order valence-electron chi connectivity index (χ0n) is 11.1. The lowest BCUT2D eigenvalue weighted by Crippen LogP contribution is -2.21. The minimum absolute atomic E-state index is 0.268. The monoisotopic (exact) mass is 294 g/mol. The van der Waals surface area contributed by atoms with Crippen LogP contribution in [0.25, 0.3) is 0 Å². The zero-order valence-corrected chi connectivity index (χ0v) is 11.8. The summed E-state index contributed by atoms with van der Waals surface area (Å²) in [5.74, 6) is 0.395. The van der Waals surface area contributed by atoms with E-state index < -0.39 is 0 Å². The topological polar surface area (TPSA) is 47.3 Å². The van der Waals surface area contributed by atoms with Crippen LogP contribution in [0.5, 0.6) is 5.75 Å². The maximum atomic E-state index is 13.9. The van der Waals surface area contributed by atoms with Crippen LogP contribution in [0.1, 0.15) is 11.6 Å². The van der Waals surface area contributed by atoms with Crippen molar-refractivity contribution in [2.24, 2.45) is 5.73 Å². The average Bonchev–Trinajstić information content (AvgIpc) is 2.46. The van der Waals surface area contributed by atoms with Crippen molar-refractivity contribution in [1.29, 1.82) is 0 Å². The highest BCUT2D eigenvalue weighted by Crippen LogP contribution is 2.24. The molecule has 0 aliphatic rings. The molecule has 2 aromatic rings. The first-order valence-corrected chi connectivity index (χ1v) is 6.57.